The van der Waals surface area contributed by atoms with Crippen LogP contribution in [-0.4, -0.2) is 12.9 Å². The van der Waals surface area contributed by atoms with E-state index < -0.39 is 0 Å². The third-order valence-corrected chi connectivity index (χ3v) is 1.06. The van der Waals surface area contributed by atoms with Crippen LogP contribution in [0.4, 0.5) is 0 Å². The molecule has 2 nitrogen and oxygen atoms in total. The Morgan fingerprint density at radius 3 is 3.00 bits per heavy atom. The van der Waals surface area contributed by atoms with E-state index in [4.69, 9.17) is 4.74 Å². The van der Waals surface area contributed by atoms with Gasteiger partial charge < -0.3 is 4.74 Å². The quantitative estimate of drug-likeness (QED) is 0.500. The van der Waals surface area contributed by atoms with Gasteiger partial charge in [-0.2, -0.15) is 0 Å². The van der Waals surface area contributed by atoms with Crippen LogP contribution in [0.15, 0.2) is 11.8 Å². The fraction of sp³-hybridized carbons (Fsp3) is 0.500. The lowest BCUT2D eigenvalue weighted by atomic mass is 10.2. The van der Waals surface area contributed by atoms with Crippen molar-refractivity contribution >= 4 is 6.29 Å². The zero-order valence-electron chi connectivity index (χ0n) is 4.52. The summed E-state index contributed by atoms with van der Waals surface area (Å²) in [7, 11) is 0. The highest BCUT2D eigenvalue weighted by Crippen LogP contribution is 2.07. The van der Waals surface area contributed by atoms with E-state index in [1.807, 2.05) is 0 Å². The van der Waals surface area contributed by atoms with Crippen molar-refractivity contribution in [2.45, 2.75) is 12.8 Å². The van der Waals surface area contributed by atoms with Crippen LogP contribution in [0.3, 0.4) is 0 Å². The molecule has 1 radical (unpaired) electrons. The SMILES string of the molecule is O=[C]C1=COCCC1. The summed E-state index contributed by atoms with van der Waals surface area (Å²) >= 11 is 0. The molecule has 0 saturated carbocycles. The van der Waals surface area contributed by atoms with Gasteiger partial charge in [0.2, 0.25) is 6.29 Å². The highest BCUT2D eigenvalue weighted by atomic mass is 16.5. The van der Waals surface area contributed by atoms with Crippen molar-refractivity contribution in [3.63, 3.8) is 0 Å². The predicted octanol–water partition coefficient (Wildman–Crippen LogP) is 0.790. The zero-order chi connectivity index (χ0) is 5.82. The van der Waals surface area contributed by atoms with Crippen LogP contribution < -0.4 is 0 Å². The molecule has 0 aromatic carbocycles. The predicted molar refractivity (Wildman–Crippen MR) is 29.0 cm³/mol. The third kappa shape index (κ3) is 1.09. The molecule has 1 aliphatic heterocycles. The molecule has 0 amide bonds. The summed E-state index contributed by atoms with van der Waals surface area (Å²) in [5, 5.41) is 0. The maximum Gasteiger partial charge on any atom is 0.232 e. The molecular weight excluding hydrogens is 104 g/mol. The van der Waals surface area contributed by atoms with Gasteiger partial charge in [-0.25, -0.2) is 0 Å². The van der Waals surface area contributed by atoms with Crippen molar-refractivity contribution in [3.05, 3.63) is 11.8 Å². The van der Waals surface area contributed by atoms with Crippen molar-refractivity contribution in [2.75, 3.05) is 6.61 Å². The van der Waals surface area contributed by atoms with E-state index in [2.05, 4.69) is 0 Å². The lowest BCUT2D eigenvalue weighted by Gasteiger charge is -2.06. The lowest BCUT2D eigenvalue weighted by molar-refractivity contribution is 0.227. The summed E-state index contributed by atoms with van der Waals surface area (Å²) in [6.07, 6.45) is 5.04. The Morgan fingerprint density at radius 1 is 1.75 bits per heavy atom. The average Bonchev–Trinajstić information content (AvgIpc) is 1.90. The monoisotopic (exact) mass is 111 g/mol. The summed E-state index contributed by atoms with van der Waals surface area (Å²) in [4.78, 5) is 9.89. The van der Waals surface area contributed by atoms with Gasteiger partial charge in [0.05, 0.1) is 12.9 Å². The minimum atomic E-state index is 0.649. The van der Waals surface area contributed by atoms with Gasteiger partial charge in [-0.1, -0.05) is 0 Å². The summed E-state index contributed by atoms with van der Waals surface area (Å²) < 4.78 is 4.85. The number of hydrogen-bond donors (Lipinski definition) is 0. The second-order valence-electron chi connectivity index (χ2n) is 1.72. The molecule has 0 aromatic heterocycles. The van der Waals surface area contributed by atoms with E-state index in [-0.39, 0.29) is 0 Å². The number of rotatable bonds is 1. The van der Waals surface area contributed by atoms with Crippen LogP contribution in [0.2, 0.25) is 0 Å². The van der Waals surface area contributed by atoms with Crippen LogP contribution in [0.25, 0.3) is 0 Å². The molecule has 1 aliphatic rings. The molecule has 0 unspecified atom stereocenters. The maximum atomic E-state index is 9.89. The van der Waals surface area contributed by atoms with Crippen LogP contribution in [0.5, 0.6) is 0 Å². The van der Waals surface area contributed by atoms with Gasteiger partial charge in [0.25, 0.3) is 0 Å². The van der Waals surface area contributed by atoms with Crippen molar-refractivity contribution < 1.29 is 9.53 Å². The second kappa shape index (κ2) is 2.50. The first-order valence-electron chi connectivity index (χ1n) is 2.62. The van der Waals surface area contributed by atoms with Crippen LogP contribution in [0.1, 0.15) is 12.8 Å². The van der Waals surface area contributed by atoms with Crippen LogP contribution in [0, 0.1) is 0 Å². The fourth-order valence-electron chi connectivity index (χ4n) is 0.639. The van der Waals surface area contributed by atoms with Crippen molar-refractivity contribution in [1.82, 2.24) is 0 Å². The van der Waals surface area contributed by atoms with Crippen molar-refractivity contribution in [1.29, 1.82) is 0 Å². The normalized spacial score (nSPS) is 18.8. The van der Waals surface area contributed by atoms with Crippen molar-refractivity contribution in [2.24, 2.45) is 0 Å². The van der Waals surface area contributed by atoms with Gasteiger partial charge in [0, 0.05) is 5.57 Å². The number of hydrogen-bond acceptors (Lipinski definition) is 2. The standard InChI is InChI=1S/C6H7O2/c7-4-6-2-1-3-8-5-6/h5H,1-3H2. The second-order valence-corrected chi connectivity index (χ2v) is 1.72. The molecule has 1 heterocycles. The molecule has 2 heteroatoms. The Bertz CT molecular complexity index is 116. The number of carbonyl (C=O) groups excluding carboxylic acids is 1. The molecule has 0 aliphatic carbocycles. The Labute approximate surface area is 48.1 Å². The molecule has 0 atom stereocenters. The third-order valence-electron chi connectivity index (χ3n) is 1.06. The average molecular weight is 111 g/mol. The topological polar surface area (TPSA) is 26.3 Å². The molecule has 0 saturated heterocycles. The highest BCUT2D eigenvalue weighted by molar-refractivity contribution is 5.73. The molecule has 0 N–H and O–H groups in total. The summed E-state index contributed by atoms with van der Waals surface area (Å²) in [6.45, 7) is 0.741. The Morgan fingerprint density at radius 2 is 2.62 bits per heavy atom. The van der Waals surface area contributed by atoms with Gasteiger partial charge in [-0.3, -0.25) is 4.79 Å². The Kier molecular flexibility index (Phi) is 1.67. The lowest BCUT2D eigenvalue weighted by Crippen LogP contribution is -1.98. The van der Waals surface area contributed by atoms with E-state index in [1.54, 1.807) is 6.29 Å². The Hall–Kier alpha value is -0.790. The van der Waals surface area contributed by atoms with E-state index in [0.717, 1.165) is 19.4 Å². The summed E-state index contributed by atoms with van der Waals surface area (Å²) in [6, 6.07) is 0. The van der Waals surface area contributed by atoms with Gasteiger partial charge in [-0.05, 0) is 12.8 Å². The van der Waals surface area contributed by atoms with E-state index in [1.165, 1.54) is 6.26 Å². The molecule has 8 heavy (non-hydrogen) atoms. The first-order chi connectivity index (χ1) is 3.93. The number of allylic oxidation sites excluding steroid dienone is 1. The van der Waals surface area contributed by atoms with Crippen LogP contribution >= 0.6 is 0 Å². The smallest absolute Gasteiger partial charge is 0.232 e. The van der Waals surface area contributed by atoms with Gasteiger partial charge in [-0.15, -0.1) is 0 Å². The number of ether oxygens (including phenoxy) is 1. The van der Waals surface area contributed by atoms with E-state index >= 15 is 0 Å². The maximum absolute atomic E-state index is 9.89. The summed E-state index contributed by atoms with van der Waals surface area (Å²) in [5.41, 5.74) is 0.649. The molecule has 0 fully saturated rings. The molecular formula is C6H7O2. The van der Waals surface area contributed by atoms with E-state index in [9.17, 15) is 4.79 Å². The molecule has 0 spiro atoms. The van der Waals surface area contributed by atoms with Crippen molar-refractivity contribution in [3.8, 4) is 0 Å². The van der Waals surface area contributed by atoms with E-state index in [0.29, 0.717) is 5.57 Å². The molecule has 0 aromatic rings. The zero-order valence-corrected chi connectivity index (χ0v) is 4.52. The molecule has 0 bridgehead atoms. The van der Waals surface area contributed by atoms with Gasteiger partial charge >= 0.3 is 0 Å². The first-order valence-corrected chi connectivity index (χ1v) is 2.62. The minimum Gasteiger partial charge on any atom is -0.501 e. The van der Waals surface area contributed by atoms with Crippen LogP contribution in [-0.2, 0) is 9.53 Å². The summed E-state index contributed by atoms with van der Waals surface area (Å²) in [5.74, 6) is 0. The van der Waals surface area contributed by atoms with Gasteiger partial charge in [0.1, 0.15) is 0 Å². The Balaban J connectivity index is 2.49. The first kappa shape index (κ1) is 5.35. The largest absolute Gasteiger partial charge is 0.501 e. The molecule has 1 rings (SSSR count). The van der Waals surface area contributed by atoms with Gasteiger partial charge in [0.15, 0.2) is 0 Å². The molecule has 43 valence electrons. The fourth-order valence-corrected chi connectivity index (χ4v) is 0.639. The highest BCUT2D eigenvalue weighted by Gasteiger charge is 2.01. The minimum absolute atomic E-state index is 0.649.